The molecule has 0 aromatic heterocycles. The Morgan fingerprint density at radius 1 is 1.15 bits per heavy atom. The van der Waals surface area contributed by atoms with Gasteiger partial charge in [0.25, 0.3) is 0 Å². The van der Waals surface area contributed by atoms with Gasteiger partial charge >= 0.3 is 6.09 Å². The standard InChI is InChI=1S/C22H39NO4/c1-5-6-7-8-9-10-11-12-13-22(25)14-18-16-26-17-19(15-22)23(18)20(24)27-21(2,3)4/h5,18-19,25H,1,6-17H2,2-4H3. The lowest BCUT2D eigenvalue weighted by molar-refractivity contribution is -0.140. The lowest BCUT2D eigenvalue weighted by Gasteiger charge is -2.51. The van der Waals surface area contributed by atoms with Crippen LogP contribution in [0.5, 0.6) is 0 Å². The molecular formula is C22H39NO4. The second-order valence-electron chi connectivity index (χ2n) is 9.31. The quantitative estimate of drug-likeness (QED) is 0.459. The number of carbonyl (C=O) groups excluding carboxylic acids is 1. The van der Waals surface area contributed by atoms with E-state index in [0.717, 1.165) is 25.7 Å². The number of fused-ring (bicyclic) bond motifs is 2. The van der Waals surface area contributed by atoms with Gasteiger partial charge in [0.05, 0.1) is 30.9 Å². The first kappa shape index (κ1) is 22.2. The van der Waals surface area contributed by atoms with E-state index in [1.165, 1.54) is 25.7 Å². The Kier molecular flexibility index (Phi) is 8.17. The molecule has 2 saturated heterocycles. The van der Waals surface area contributed by atoms with Crippen molar-refractivity contribution in [3.8, 4) is 0 Å². The zero-order chi connectivity index (χ0) is 19.9. The van der Waals surface area contributed by atoms with E-state index in [-0.39, 0.29) is 18.2 Å². The summed E-state index contributed by atoms with van der Waals surface area (Å²) < 4.78 is 11.2. The highest BCUT2D eigenvalue weighted by Gasteiger charge is 2.48. The number of allylic oxidation sites excluding steroid dienone is 1. The lowest BCUT2D eigenvalue weighted by Crippen LogP contribution is -2.64. The predicted molar refractivity (Wildman–Crippen MR) is 108 cm³/mol. The molecule has 5 nitrogen and oxygen atoms in total. The van der Waals surface area contributed by atoms with Crippen LogP contribution >= 0.6 is 0 Å². The third-order valence-corrected chi connectivity index (χ3v) is 5.54. The number of rotatable bonds is 9. The number of hydrogen-bond donors (Lipinski definition) is 1. The van der Waals surface area contributed by atoms with Crippen molar-refractivity contribution in [3.05, 3.63) is 12.7 Å². The van der Waals surface area contributed by atoms with Gasteiger partial charge < -0.3 is 14.6 Å². The number of hydrogen-bond acceptors (Lipinski definition) is 4. The molecule has 1 amide bonds. The molecule has 2 aliphatic heterocycles. The molecule has 2 fully saturated rings. The number of amides is 1. The van der Waals surface area contributed by atoms with Crippen LogP contribution in [0.25, 0.3) is 0 Å². The van der Waals surface area contributed by atoms with Crippen LogP contribution < -0.4 is 0 Å². The maximum absolute atomic E-state index is 12.6. The van der Waals surface area contributed by atoms with Crippen LogP contribution in [0.3, 0.4) is 0 Å². The molecule has 2 rings (SSSR count). The minimum Gasteiger partial charge on any atom is -0.444 e. The predicted octanol–water partition coefficient (Wildman–Crippen LogP) is 4.82. The summed E-state index contributed by atoms with van der Waals surface area (Å²) in [6.07, 6.45) is 12.0. The average Bonchev–Trinajstić information content (AvgIpc) is 2.55. The van der Waals surface area contributed by atoms with E-state index in [1.54, 1.807) is 0 Å². The minimum atomic E-state index is -0.680. The second-order valence-corrected chi connectivity index (χ2v) is 9.31. The topological polar surface area (TPSA) is 59.0 Å². The highest BCUT2D eigenvalue weighted by atomic mass is 16.6. The molecule has 156 valence electrons. The molecule has 27 heavy (non-hydrogen) atoms. The van der Waals surface area contributed by atoms with Crippen LogP contribution in [-0.2, 0) is 9.47 Å². The summed E-state index contributed by atoms with van der Waals surface area (Å²) in [7, 11) is 0. The summed E-state index contributed by atoms with van der Waals surface area (Å²) in [5.41, 5.74) is -1.19. The zero-order valence-corrected chi connectivity index (χ0v) is 17.5. The van der Waals surface area contributed by atoms with E-state index in [2.05, 4.69) is 6.58 Å². The van der Waals surface area contributed by atoms with E-state index >= 15 is 0 Å². The van der Waals surface area contributed by atoms with Crippen molar-refractivity contribution in [2.45, 2.75) is 108 Å². The Morgan fingerprint density at radius 2 is 1.70 bits per heavy atom. The molecule has 0 spiro atoms. The molecule has 2 unspecified atom stereocenters. The van der Waals surface area contributed by atoms with E-state index in [4.69, 9.17) is 9.47 Å². The highest BCUT2D eigenvalue weighted by Crippen LogP contribution is 2.38. The Hall–Kier alpha value is -1.07. The number of ether oxygens (including phenoxy) is 2. The van der Waals surface area contributed by atoms with Gasteiger partial charge in [-0.05, 0) is 52.9 Å². The summed E-state index contributed by atoms with van der Waals surface area (Å²) in [5.74, 6) is 0. The molecule has 0 aromatic rings. The molecule has 1 N–H and O–H groups in total. The van der Waals surface area contributed by atoms with Crippen molar-refractivity contribution in [2.24, 2.45) is 0 Å². The molecule has 2 heterocycles. The van der Waals surface area contributed by atoms with Crippen LogP contribution in [0, 0.1) is 0 Å². The second kappa shape index (κ2) is 9.92. The molecular weight excluding hydrogens is 342 g/mol. The number of piperidine rings is 1. The third kappa shape index (κ3) is 7.11. The molecule has 0 aromatic carbocycles. The third-order valence-electron chi connectivity index (χ3n) is 5.54. The van der Waals surface area contributed by atoms with Crippen molar-refractivity contribution in [1.29, 1.82) is 0 Å². The Morgan fingerprint density at radius 3 is 2.26 bits per heavy atom. The summed E-state index contributed by atoms with van der Waals surface area (Å²) in [6, 6.07) is -0.174. The average molecular weight is 382 g/mol. The Balaban J connectivity index is 1.78. The van der Waals surface area contributed by atoms with Crippen molar-refractivity contribution < 1.29 is 19.4 Å². The maximum Gasteiger partial charge on any atom is 0.410 e. The highest BCUT2D eigenvalue weighted by molar-refractivity contribution is 5.69. The van der Waals surface area contributed by atoms with Crippen LogP contribution in [0.15, 0.2) is 12.7 Å². The Labute approximate surface area is 165 Å². The largest absolute Gasteiger partial charge is 0.444 e. The zero-order valence-electron chi connectivity index (χ0n) is 17.5. The van der Waals surface area contributed by atoms with Gasteiger partial charge in [0.2, 0.25) is 0 Å². The molecule has 0 aliphatic carbocycles. The number of nitrogens with zero attached hydrogens (tertiary/aromatic N) is 1. The monoisotopic (exact) mass is 381 g/mol. The normalized spacial score (nSPS) is 28.1. The first-order chi connectivity index (χ1) is 12.7. The van der Waals surface area contributed by atoms with Gasteiger partial charge in [-0.15, -0.1) is 6.58 Å². The van der Waals surface area contributed by atoms with Crippen molar-refractivity contribution >= 4 is 6.09 Å². The maximum atomic E-state index is 12.6. The molecule has 0 saturated carbocycles. The molecule has 2 bridgehead atoms. The number of aliphatic hydroxyl groups is 1. The minimum absolute atomic E-state index is 0.0868. The number of carbonyl (C=O) groups is 1. The summed E-state index contributed by atoms with van der Waals surface area (Å²) in [6.45, 7) is 10.4. The van der Waals surface area contributed by atoms with Crippen LogP contribution in [0.4, 0.5) is 4.79 Å². The molecule has 0 radical (unpaired) electrons. The van der Waals surface area contributed by atoms with Gasteiger partial charge in [0, 0.05) is 0 Å². The van der Waals surface area contributed by atoms with Crippen LogP contribution in [0.1, 0.15) is 85.0 Å². The molecule has 2 atom stereocenters. The first-order valence-electron chi connectivity index (χ1n) is 10.7. The van der Waals surface area contributed by atoms with Crippen molar-refractivity contribution in [3.63, 3.8) is 0 Å². The number of morpholine rings is 1. The van der Waals surface area contributed by atoms with Gasteiger partial charge in [-0.3, -0.25) is 4.90 Å². The summed E-state index contributed by atoms with van der Waals surface area (Å²) in [4.78, 5) is 14.4. The Bertz CT molecular complexity index is 471. The van der Waals surface area contributed by atoms with Crippen LogP contribution in [-0.4, -0.2) is 52.6 Å². The van der Waals surface area contributed by atoms with Crippen molar-refractivity contribution in [1.82, 2.24) is 4.90 Å². The van der Waals surface area contributed by atoms with E-state index in [0.29, 0.717) is 26.1 Å². The lowest BCUT2D eigenvalue weighted by atomic mass is 9.78. The van der Waals surface area contributed by atoms with E-state index < -0.39 is 11.2 Å². The van der Waals surface area contributed by atoms with Crippen molar-refractivity contribution in [2.75, 3.05) is 13.2 Å². The number of unbranched alkanes of at least 4 members (excludes halogenated alkanes) is 6. The summed E-state index contributed by atoms with van der Waals surface area (Å²) in [5, 5.41) is 11.1. The fraction of sp³-hybridized carbons (Fsp3) is 0.864. The van der Waals surface area contributed by atoms with E-state index in [9.17, 15) is 9.90 Å². The van der Waals surface area contributed by atoms with Gasteiger partial charge in [-0.2, -0.15) is 0 Å². The smallest absolute Gasteiger partial charge is 0.410 e. The molecule has 2 aliphatic rings. The first-order valence-corrected chi connectivity index (χ1v) is 10.7. The van der Waals surface area contributed by atoms with Gasteiger partial charge in [-0.1, -0.05) is 38.2 Å². The molecule has 5 heteroatoms. The van der Waals surface area contributed by atoms with Gasteiger partial charge in [-0.25, -0.2) is 4.79 Å². The van der Waals surface area contributed by atoms with Gasteiger partial charge in [0.1, 0.15) is 5.60 Å². The fourth-order valence-corrected chi connectivity index (χ4v) is 4.34. The fourth-order valence-electron chi connectivity index (χ4n) is 4.34. The SMILES string of the molecule is C=CCCCCCCCCC1(O)CC2COCC(C1)N2C(=O)OC(C)(C)C. The van der Waals surface area contributed by atoms with Gasteiger partial charge in [0.15, 0.2) is 0 Å². The van der Waals surface area contributed by atoms with E-state index in [1.807, 2.05) is 31.7 Å². The summed E-state index contributed by atoms with van der Waals surface area (Å²) >= 11 is 0. The van der Waals surface area contributed by atoms with Crippen LogP contribution in [0.2, 0.25) is 0 Å².